The summed E-state index contributed by atoms with van der Waals surface area (Å²) in [5.41, 5.74) is 0. The lowest BCUT2D eigenvalue weighted by atomic mass is 10.2. The number of nitrogens with zero attached hydrogens (tertiary/aromatic N) is 1. The number of carboxylic acid groups (broad SMARTS) is 1. The molecule has 0 aliphatic heterocycles. The van der Waals surface area contributed by atoms with Crippen molar-refractivity contribution in [2.75, 3.05) is 27.7 Å². The van der Waals surface area contributed by atoms with Crippen molar-refractivity contribution >= 4 is 11.9 Å². The van der Waals surface area contributed by atoms with Crippen molar-refractivity contribution in [3.05, 3.63) is 0 Å². The number of quaternary nitrogens is 1. The number of esters is 1. The van der Waals surface area contributed by atoms with Crippen LogP contribution < -0.4 is 5.11 Å². The Morgan fingerprint density at radius 3 is 2.06 bits per heavy atom. The Bertz CT molecular complexity index is 255. The quantitative estimate of drug-likeness (QED) is 0.452. The normalized spacial score (nSPS) is 13.6. The number of rotatable bonds is 6. The zero-order valence-electron chi connectivity index (χ0n) is 10.6. The fraction of sp³-hybridized carbons (Fsp3) is 0.818. The highest BCUT2D eigenvalue weighted by Crippen LogP contribution is 2.07. The van der Waals surface area contributed by atoms with Gasteiger partial charge in [-0.1, -0.05) is 13.8 Å². The second-order valence-electron chi connectivity index (χ2n) is 5.26. The summed E-state index contributed by atoms with van der Waals surface area (Å²) in [6.07, 6.45) is -0.881. The summed E-state index contributed by atoms with van der Waals surface area (Å²) in [5, 5.41) is 10.5. The molecule has 0 aromatic rings. The van der Waals surface area contributed by atoms with Gasteiger partial charge in [-0.2, -0.15) is 0 Å². The van der Waals surface area contributed by atoms with Crippen LogP contribution >= 0.6 is 0 Å². The SMILES string of the molecule is CC(C)C(=O)O[C@@H](CC(=O)[O-])C[N+](C)(C)C. The lowest BCUT2D eigenvalue weighted by molar-refractivity contribution is -0.873. The predicted octanol–water partition coefficient (Wildman–Crippen LogP) is -0.600. The van der Waals surface area contributed by atoms with Crippen LogP contribution in [0, 0.1) is 5.92 Å². The third kappa shape index (κ3) is 7.23. The lowest BCUT2D eigenvalue weighted by Gasteiger charge is -2.29. The molecule has 0 aliphatic rings. The van der Waals surface area contributed by atoms with Crippen molar-refractivity contribution < 1.29 is 23.9 Å². The van der Waals surface area contributed by atoms with Crippen molar-refractivity contribution in [2.45, 2.75) is 26.4 Å². The highest BCUT2D eigenvalue weighted by molar-refractivity contribution is 5.72. The van der Waals surface area contributed by atoms with E-state index in [0.717, 1.165) is 0 Å². The molecular formula is C11H21NO4. The van der Waals surface area contributed by atoms with Crippen molar-refractivity contribution in [1.29, 1.82) is 0 Å². The first-order valence-corrected chi connectivity index (χ1v) is 5.32. The van der Waals surface area contributed by atoms with Crippen LogP contribution in [0.15, 0.2) is 0 Å². The van der Waals surface area contributed by atoms with E-state index in [1.807, 2.05) is 21.1 Å². The maximum absolute atomic E-state index is 11.4. The van der Waals surface area contributed by atoms with Gasteiger partial charge in [0.15, 0.2) is 6.10 Å². The van der Waals surface area contributed by atoms with Gasteiger partial charge in [0, 0.05) is 12.4 Å². The van der Waals surface area contributed by atoms with Crippen molar-refractivity contribution in [3.63, 3.8) is 0 Å². The second kappa shape index (κ2) is 5.84. The van der Waals surface area contributed by atoms with Gasteiger partial charge in [-0.05, 0) is 0 Å². The average Bonchev–Trinajstić information content (AvgIpc) is 1.98. The molecule has 94 valence electrons. The molecule has 0 bridgehead atoms. The number of hydrogen-bond acceptors (Lipinski definition) is 4. The summed E-state index contributed by atoms with van der Waals surface area (Å²) in [4.78, 5) is 21.9. The zero-order chi connectivity index (χ0) is 12.9. The van der Waals surface area contributed by atoms with Crippen LogP contribution in [-0.2, 0) is 14.3 Å². The minimum Gasteiger partial charge on any atom is -0.550 e. The summed E-state index contributed by atoms with van der Waals surface area (Å²) in [6.45, 7) is 3.88. The monoisotopic (exact) mass is 231 g/mol. The summed E-state index contributed by atoms with van der Waals surface area (Å²) >= 11 is 0. The minimum atomic E-state index is -1.20. The number of carbonyl (C=O) groups is 2. The first-order chi connectivity index (χ1) is 7.11. The third-order valence-electron chi connectivity index (χ3n) is 1.90. The van der Waals surface area contributed by atoms with Gasteiger partial charge in [-0.25, -0.2) is 0 Å². The lowest BCUT2D eigenvalue weighted by Crippen LogP contribution is -2.45. The molecule has 0 spiro atoms. The van der Waals surface area contributed by atoms with Gasteiger partial charge >= 0.3 is 5.97 Å². The topological polar surface area (TPSA) is 66.4 Å². The number of carboxylic acids is 1. The van der Waals surface area contributed by atoms with E-state index in [-0.39, 0.29) is 18.3 Å². The smallest absolute Gasteiger partial charge is 0.308 e. The highest BCUT2D eigenvalue weighted by atomic mass is 16.5. The number of hydrogen-bond donors (Lipinski definition) is 0. The average molecular weight is 231 g/mol. The van der Waals surface area contributed by atoms with Crippen LogP contribution in [0.3, 0.4) is 0 Å². The van der Waals surface area contributed by atoms with Gasteiger partial charge in [0.25, 0.3) is 0 Å². The maximum Gasteiger partial charge on any atom is 0.308 e. The van der Waals surface area contributed by atoms with E-state index in [9.17, 15) is 14.7 Å². The number of ether oxygens (including phenoxy) is 1. The molecule has 0 saturated heterocycles. The van der Waals surface area contributed by atoms with Crippen molar-refractivity contribution in [1.82, 2.24) is 0 Å². The van der Waals surface area contributed by atoms with Gasteiger partial charge in [0.1, 0.15) is 6.54 Å². The van der Waals surface area contributed by atoms with Crippen LogP contribution in [0.1, 0.15) is 20.3 Å². The molecule has 0 N–H and O–H groups in total. The molecule has 0 heterocycles. The fourth-order valence-corrected chi connectivity index (χ4v) is 1.24. The highest BCUT2D eigenvalue weighted by Gasteiger charge is 2.23. The van der Waals surface area contributed by atoms with Crippen molar-refractivity contribution in [2.24, 2.45) is 5.92 Å². The van der Waals surface area contributed by atoms with Crippen LogP contribution in [0.2, 0.25) is 0 Å². The molecule has 0 rings (SSSR count). The molecule has 16 heavy (non-hydrogen) atoms. The Kier molecular flexibility index (Phi) is 5.44. The molecule has 0 aromatic heterocycles. The van der Waals surface area contributed by atoms with Crippen molar-refractivity contribution in [3.8, 4) is 0 Å². The Morgan fingerprint density at radius 1 is 1.25 bits per heavy atom. The maximum atomic E-state index is 11.4. The number of carbonyl (C=O) groups excluding carboxylic acids is 2. The summed E-state index contributed by atoms with van der Waals surface area (Å²) in [7, 11) is 5.72. The van der Waals surface area contributed by atoms with Crippen LogP contribution in [0.5, 0.6) is 0 Å². The number of aliphatic carboxylic acids is 1. The molecular weight excluding hydrogens is 210 g/mol. The summed E-state index contributed by atoms with van der Waals surface area (Å²) < 4.78 is 5.65. The van der Waals surface area contributed by atoms with E-state index in [1.54, 1.807) is 13.8 Å². The molecule has 0 radical (unpaired) electrons. The zero-order valence-corrected chi connectivity index (χ0v) is 10.6. The predicted molar refractivity (Wildman–Crippen MR) is 57.2 cm³/mol. The molecule has 0 fully saturated rings. The molecule has 1 atom stereocenters. The number of likely N-dealkylation sites (N-methyl/N-ethyl adjacent to an activating group) is 1. The van der Waals surface area contributed by atoms with E-state index in [4.69, 9.17) is 4.74 Å². The largest absolute Gasteiger partial charge is 0.550 e. The molecule has 0 aromatic carbocycles. The van der Waals surface area contributed by atoms with E-state index in [2.05, 4.69) is 0 Å². The minimum absolute atomic E-state index is 0.253. The van der Waals surface area contributed by atoms with Gasteiger partial charge in [0.2, 0.25) is 0 Å². The third-order valence-corrected chi connectivity index (χ3v) is 1.90. The summed E-state index contributed by atoms with van der Waals surface area (Å²) in [5.74, 6) is -1.83. The van der Waals surface area contributed by atoms with E-state index >= 15 is 0 Å². The van der Waals surface area contributed by atoms with Gasteiger partial charge < -0.3 is 19.1 Å². The van der Waals surface area contributed by atoms with E-state index in [1.165, 1.54) is 0 Å². The molecule has 5 heteroatoms. The van der Waals surface area contributed by atoms with Gasteiger partial charge in [-0.15, -0.1) is 0 Å². The molecule has 0 aliphatic carbocycles. The standard InChI is InChI=1S/C11H21NO4/c1-8(2)11(15)16-9(6-10(13)14)7-12(3,4)5/h8-9H,6-7H2,1-5H3/t9-/m0/s1. The Morgan fingerprint density at radius 2 is 1.75 bits per heavy atom. The molecule has 5 nitrogen and oxygen atoms in total. The molecule has 0 unspecified atom stereocenters. The van der Waals surface area contributed by atoms with Crippen LogP contribution in [-0.4, -0.2) is 50.2 Å². The second-order valence-corrected chi connectivity index (χ2v) is 5.26. The Balaban J connectivity index is 4.43. The first-order valence-electron chi connectivity index (χ1n) is 5.32. The van der Waals surface area contributed by atoms with E-state index < -0.39 is 12.1 Å². The van der Waals surface area contributed by atoms with Gasteiger partial charge in [-0.3, -0.25) is 4.79 Å². The Labute approximate surface area is 96.6 Å². The molecule has 0 amide bonds. The Hall–Kier alpha value is -1.10. The molecule has 0 saturated carbocycles. The van der Waals surface area contributed by atoms with Crippen LogP contribution in [0.4, 0.5) is 0 Å². The summed E-state index contributed by atoms with van der Waals surface area (Å²) in [6, 6.07) is 0. The van der Waals surface area contributed by atoms with Crippen LogP contribution in [0.25, 0.3) is 0 Å². The van der Waals surface area contributed by atoms with E-state index in [0.29, 0.717) is 11.0 Å². The van der Waals surface area contributed by atoms with Gasteiger partial charge in [0.05, 0.1) is 27.1 Å². The first kappa shape index (κ1) is 14.9. The fourth-order valence-electron chi connectivity index (χ4n) is 1.24.